The van der Waals surface area contributed by atoms with Gasteiger partial charge in [0.2, 0.25) is 0 Å². The monoisotopic (exact) mass is 1340 g/mol. The van der Waals surface area contributed by atoms with Crippen molar-refractivity contribution >= 4 is 25.7 Å². The minimum atomic E-state index is -5.69. The number of hydrogen-bond acceptors (Lipinski definition) is 23. The molecule has 11 N–H and O–H groups in total. The van der Waals surface area contributed by atoms with Crippen LogP contribution in [0.2, 0.25) is 0 Å². The molecule has 3 rings (SSSR count). The van der Waals surface area contributed by atoms with E-state index in [9.17, 15) is 74.9 Å². The number of aliphatic hydroxyl groups is 10. The van der Waals surface area contributed by atoms with Gasteiger partial charge in [0.25, 0.3) is 0 Å². The summed E-state index contributed by atoms with van der Waals surface area (Å²) in [5.41, 5.74) is 0. The zero-order valence-corrected chi connectivity index (χ0v) is 56.7. The SMILES string of the molecule is CCCCCCCC/C=C\CCCCCC(=O)OC(COC(=O)CCCCCCCCCCCCC)COP(=O)(O)OC1C(OC2OC(CO)C(O)C(O)C2O)C(O)C(O)C(O)C1OC1OC(COC(=O)CCCCCCCCCCCCCCC)C(O)C(O)C1O. The number of aliphatic hydroxyl groups excluding tert-OH is 10. The molecule has 2 heterocycles. The standard InChI is InChI=1S/C67H123O24P/c1-4-7-10-13-16-19-22-24-27-30-33-36-39-42-52(70)84-47-50-55(73)57(75)62(80)67(88-50)90-64-60(78)58(76)59(77)63(89-66-61(79)56(74)54(72)49(44-68)87-66)65(64)91-92(81,82)85-46-48(45-83-51(69)41-38-35-32-29-26-21-18-15-12-9-6-3)86-53(71)43-40-37-34-31-28-25-23-20-17-14-11-8-5-2/h25,28,48-50,54-68,72-80H,4-24,26-27,29-47H2,1-3H3,(H,81,82)/b28-25-. The van der Waals surface area contributed by atoms with Crippen molar-refractivity contribution in [2.45, 2.75) is 369 Å². The largest absolute Gasteiger partial charge is 0.472 e. The first kappa shape index (κ1) is 83.9. The van der Waals surface area contributed by atoms with Crippen LogP contribution in [0.15, 0.2) is 12.2 Å². The Morgan fingerprint density at radius 3 is 1.18 bits per heavy atom. The number of carbonyl (C=O) groups excluding carboxylic acids is 3. The van der Waals surface area contributed by atoms with Gasteiger partial charge in [-0.3, -0.25) is 23.4 Å². The molecule has 0 aromatic heterocycles. The van der Waals surface area contributed by atoms with E-state index in [1.165, 1.54) is 109 Å². The van der Waals surface area contributed by atoms with Gasteiger partial charge in [-0.25, -0.2) is 4.57 Å². The van der Waals surface area contributed by atoms with E-state index in [0.717, 1.165) is 89.9 Å². The van der Waals surface area contributed by atoms with Crippen molar-refractivity contribution in [3.05, 3.63) is 12.2 Å². The van der Waals surface area contributed by atoms with Crippen molar-refractivity contribution in [2.24, 2.45) is 0 Å². The Morgan fingerprint density at radius 2 is 0.761 bits per heavy atom. The van der Waals surface area contributed by atoms with Crippen molar-refractivity contribution in [3.63, 3.8) is 0 Å². The summed E-state index contributed by atoms with van der Waals surface area (Å²) >= 11 is 0. The van der Waals surface area contributed by atoms with E-state index in [1.54, 1.807) is 0 Å². The molecule has 2 saturated heterocycles. The first-order chi connectivity index (χ1) is 44.3. The summed E-state index contributed by atoms with van der Waals surface area (Å²) in [4.78, 5) is 50.8. The number of ether oxygens (including phenoxy) is 7. The number of rotatable bonds is 54. The average Bonchev–Trinajstić information content (AvgIpc) is 0.766. The molecule has 3 fully saturated rings. The Hall–Kier alpha value is -2.30. The highest BCUT2D eigenvalue weighted by molar-refractivity contribution is 7.47. The van der Waals surface area contributed by atoms with Crippen LogP contribution in [0, 0.1) is 0 Å². The molecule has 0 radical (unpaired) electrons. The summed E-state index contributed by atoms with van der Waals surface area (Å²) in [6.07, 6.45) is 6.04. The number of carbonyl (C=O) groups is 3. The molecule has 0 aromatic rings. The fourth-order valence-electron chi connectivity index (χ4n) is 11.7. The smallest absolute Gasteiger partial charge is 0.463 e. The maximum atomic E-state index is 14.3. The van der Waals surface area contributed by atoms with E-state index in [-0.39, 0.29) is 19.3 Å². The van der Waals surface area contributed by atoms with E-state index < -0.39 is 156 Å². The maximum absolute atomic E-state index is 14.3. The third kappa shape index (κ3) is 33.8. The highest BCUT2D eigenvalue weighted by Crippen LogP contribution is 2.49. The molecule has 25 heteroatoms. The highest BCUT2D eigenvalue weighted by atomic mass is 31.2. The van der Waals surface area contributed by atoms with Gasteiger partial charge in [0.05, 0.1) is 13.2 Å². The predicted octanol–water partition coefficient (Wildman–Crippen LogP) is 8.40. The Bertz CT molecular complexity index is 1970. The third-order valence-corrected chi connectivity index (χ3v) is 18.5. The van der Waals surface area contributed by atoms with Crippen LogP contribution in [0.5, 0.6) is 0 Å². The van der Waals surface area contributed by atoms with Gasteiger partial charge in [0.1, 0.15) is 98.7 Å². The van der Waals surface area contributed by atoms with Gasteiger partial charge in [-0.1, -0.05) is 213 Å². The second kappa shape index (κ2) is 50.1. The van der Waals surface area contributed by atoms with Gasteiger partial charge in [0, 0.05) is 19.3 Å². The molecule has 2 aliphatic heterocycles. The lowest BCUT2D eigenvalue weighted by atomic mass is 9.84. The first-order valence-electron chi connectivity index (χ1n) is 35.5. The number of allylic oxidation sites excluding steroid dienone is 2. The second-order valence-electron chi connectivity index (χ2n) is 25.6. The summed E-state index contributed by atoms with van der Waals surface area (Å²) in [6.45, 7) is 3.38. The molecular weight excluding hydrogens is 1220 g/mol. The topological polar surface area (TPSA) is 374 Å². The van der Waals surface area contributed by atoms with Crippen molar-refractivity contribution in [3.8, 4) is 0 Å². The van der Waals surface area contributed by atoms with Crippen molar-refractivity contribution in [1.82, 2.24) is 0 Å². The van der Waals surface area contributed by atoms with Crippen LogP contribution in [0.4, 0.5) is 0 Å². The van der Waals surface area contributed by atoms with Gasteiger partial charge < -0.3 is 89.1 Å². The van der Waals surface area contributed by atoms with Gasteiger partial charge >= 0.3 is 25.7 Å². The van der Waals surface area contributed by atoms with E-state index >= 15 is 0 Å². The molecule has 18 atom stereocenters. The first-order valence-corrected chi connectivity index (χ1v) is 37.0. The van der Waals surface area contributed by atoms with Crippen molar-refractivity contribution in [2.75, 3.05) is 26.4 Å². The highest BCUT2D eigenvalue weighted by Gasteiger charge is 2.58. The van der Waals surface area contributed by atoms with Crippen molar-refractivity contribution < 1.29 is 117 Å². The van der Waals surface area contributed by atoms with Gasteiger partial charge in [-0.15, -0.1) is 0 Å². The third-order valence-electron chi connectivity index (χ3n) is 17.5. The summed E-state index contributed by atoms with van der Waals surface area (Å²) in [7, 11) is -5.69. The van der Waals surface area contributed by atoms with Crippen LogP contribution < -0.4 is 0 Å². The van der Waals surface area contributed by atoms with Crippen LogP contribution in [0.3, 0.4) is 0 Å². The molecule has 92 heavy (non-hydrogen) atoms. The number of esters is 3. The van der Waals surface area contributed by atoms with Crippen molar-refractivity contribution in [1.29, 1.82) is 0 Å². The van der Waals surface area contributed by atoms with Gasteiger partial charge in [-0.2, -0.15) is 0 Å². The number of phosphoric ester groups is 1. The Balaban J connectivity index is 1.77. The molecule has 540 valence electrons. The number of hydrogen-bond donors (Lipinski definition) is 11. The zero-order chi connectivity index (χ0) is 67.5. The molecule has 1 aliphatic carbocycles. The lowest BCUT2D eigenvalue weighted by Gasteiger charge is -2.49. The molecule has 24 nitrogen and oxygen atoms in total. The van der Waals surface area contributed by atoms with E-state index in [1.807, 2.05) is 0 Å². The molecule has 1 saturated carbocycles. The maximum Gasteiger partial charge on any atom is 0.472 e. The van der Waals surface area contributed by atoms with Gasteiger partial charge in [-0.05, 0) is 44.9 Å². The minimum Gasteiger partial charge on any atom is -0.463 e. The molecule has 3 aliphatic rings. The summed E-state index contributed by atoms with van der Waals surface area (Å²) in [5, 5.41) is 110. The predicted molar refractivity (Wildman–Crippen MR) is 342 cm³/mol. The molecule has 0 amide bonds. The van der Waals surface area contributed by atoms with Crippen LogP contribution in [-0.4, -0.2) is 204 Å². The Labute approximate surface area is 548 Å². The van der Waals surface area contributed by atoms with E-state index in [4.69, 9.17) is 42.2 Å². The molecule has 0 spiro atoms. The van der Waals surface area contributed by atoms with Gasteiger partial charge in [0.15, 0.2) is 18.7 Å². The Morgan fingerprint density at radius 1 is 0.413 bits per heavy atom. The van der Waals surface area contributed by atoms with Crippen LogP contribution in [0.25, 0.3) is 0 Å². The fourth-order valence-corrected chi connectivity index (χ4v) is 12.7. The lowest BCUT2D eigenvalue weighted by molar-refractivity contribution is -0.360. The molecule has 18 unspecified atom stereocenters. The number of unbranched alkanes of at least 4 members (excludes halogenated alkanes) is 31. The quantitative estimate of drug-likeness (QED) is 0.00894. The van der Waals surface area contributed by atoms with Crippen LogP contribution >= 0.6 is 7.82 Å². The van der Waals surface area contributed by atoms with E-state index in [2.05, 4.69) is 32.9 Å². The molecular formula is C67H123O24P. The van der Waals surface area contributed by atoms with Crippen LogP contribution in [0.1, 0.15) is 265 Å². The molecule has 0 bridgehead atoms. The summed E-state index contributed by atoms with van der Waals surface area (Å²) in [5.74, 6) is -2.01. The lowest BCUT2D eigenvalue weighted by Crippen LogP contribution is -2.69. The summed E-state index contributed by atoms with van der Waals surface area (Å²) < 4.78 is 64.8. The normalized spacial score (nSPS) is 28.7. The second-order valence-corrected chi connectivity index (χ2v) is 27.0. The van der Waals surface area contributed by atoms with Crippen LogP contribution in [-0.2, 0) is 61.2 Å². The van der Waals surface area contributed by atoms with E-state index in [0.29, 0.717) is 25.7 Å². The minimum absolute atomic E-state index is 0.0315. The molecule has 0 aromatic carbocycles. The fraction of sp³-hybridized carbons (Fsp3) is 0.925. The number of phosphoric acid groups is 1. The Kier molecular flexibility index (Phi) is 45.7. The summed E-state index contributed by atoms with van der Waals surface area (Å²) in [6, 6.07) is 0. The average molecular weight is 1340 g/mol. The zero-order valence-electron chi connectivity index (χ0n) is 55.8.